The second kappa shape index (κ2) is 9.12. The number of amides is 2. The van der Waals surface area contributed by atoms with Gasteiger partial charge in [0.1, 0.15) is 0 Å². The van der Waals surface area contributed by atoms with Crippen LogP contribution < -0.4 is 10.6 Å². The van der Waals surface area contributed by atoms with Gasteiger partial charge < -0.3 is 15.4 Å². The molecule has 2 atom stereocenters. The van der Waals surface area contributed by atoms with Crippen LogP contribution in [0.1, 0.15) is 47.0 Å². The maximum absolute atomic E-state index is 11.5. The zero-order valence-corrected chi connectivity index (χ0v) is 12.6. The highest BCUT2D eigenvalue weighted by atomic mass is 16.6. The van der Waals surface area contributed by atoms with Gasteiger partial charge in [0.25, 0.3) is 0 Å². The number of hydrogen-bond acceptors (Lipinski definition) is 4. The normalized spacial score (nSPS) is 13.0. The smallest absolute Gasteiger partial charge is 0.335 e. The van der Waals surface area contributed by atoms with Crippen LogP contribution in [-0.4, -0.2) is 30.1 Å². The average Bonchev–Trinajstić information content (AvgIpc) is 2.26. The van der Waals surface area contributed by atoms with Gasteiger partial charge >= 0.3 is 5.97 Å². The van der Waals surface area contributed by atoms with Gasteiger partial charge in [0.15, 0.2) is 6.23 Å². The highest BCUT2D eigenvalue weighted by Gasteiger charge is 2.21. The number of hydrogen-bond donors (Lipinski definition) is 2. The maximum atomic E-state index is 11.5. The van der Waals surface area contributed by atoms with E-state index in [9.17, 15) is 14.4 Å². The summed E-state index contributed by atoms with van der Waals surface area (Å²) in [6.45, 7) is 9.78. The van der Waals surface area contributed by atoms with Crippen LogP contribution in [0.4, 0.5) is 0 Å². The third-order valence-corrected chi connectivity index (χ3v) is 2.51. The van der Waals surface area contributed by atoms with Crippen molar-refractivity contribution in [3.8, 4) is 0 Å². The minimum absolute atomic E-state index is 0.156. The molecule has 0 aromatic carbocycles. The van der Waals surface area contributed by atoms with Crippen molar-refractivity contribution in [1.29, 1.82) is 0 Å². The largest absolute Gasteiger partial charge is 0.438 e. The third kappa shape index (κ3) is 8.29. The molecular weight excluding hydrogens is 260 g/mol. The first-order valence-corrected chi connectivity index (χ1v) is 6.66. The fraction of sp³-hybridized carbons (Fsp3) is 0.643. The predicted octanol–water partition coefficient (Wildman–Crippen LogP) is 1.26. The second-order valence-corrected chi connectivity index (χ2v) is 4.80. The molecule has 0 radical (unpaired) electrons. The molecule has 0 aliphatic rings. The van der Waals surface area contributed by atoms with E-state index in [2.05, 4.69) is 17.2 Å². The van der Waals surface area contributed by atoms with Crippen LogP contribution in [0.15, 0.2) is 12.2 Å². The van der Waals surface area contributed by atoms with Crippen molar-refractivity contribution in [1.82, 2.24) is 10.6 Å². The Labute approximate surface area is 119 Å². The van der Waals surface area contributed by atoms with Crippen LogP contribution in [0, 0.1) is 0 Å². The Morgan fingerprint density at radius 3 is 2.05 bits per heavy atom. The Kier molecular flexibility index (Phi) is 8.27. The molecule has 0 aromatic heterocycles. The SMILES string of the molecule is C=C(C)C(=O)OC(CC(CCC)NC(C)=O)NC(C)=O. The van der Waals surface area contributed by atoms with Crippen molar-refractivity contribution in [2.24, 2.45) is 0 Å². The molecule has 0 fully saturated rings. The van der Waals surface area contributed by atoms with Crippen molar-refractivity contribution in [2.75, 3.05) is 0 Å². The van der Waals surface area contributed by atoms with Crippen molar-refractivity contribution in [2.45, 2.75) is 59.2 Å². The van der Waals surface area contributed by atoms with E-state index in [1.165, 1.54) is 20.8 Å². The molecule has 2 unspecified atom stereocenters. The van der Waals surface area contributed by atoms with E-state index < -0.39 is 12.2 Å². The van der Waals surface area contributed by atoms with E-state index >= 15 is 0 Å². The maximum Gasteiger partial charge on any atom is 0.335 e. The van der Waals surface area contributed by atoms with Crippen LogP contribution in [0.25, 0.3) is 0 Å². The Balaban J connectivity index is 4.73. The van der Waals surface area contributed by atoms with E-state index in [-0.39, 0.29) is 23.4 Å². The van der Waals surface area contributed by atoms with E-state index in [4.69, 9.17) is 4.74 Å². The van der Waals surface area contributed by atoms with Crippen molar-refractivity contribution < 1.29 is 19.1 Å². The van der Waals surface area contributed by atoms with Gasteiger partial charge in [0.2, 0.25) is 11.8 Å². The van der Waals surface area contributed by atoms with Gasteiger partial charge in [-0.15, -0.1) is 0 Å². The molecule has 6 heteroatoms. The van der Waals surface area contributed by atoms with Gasteiger partial charge in [-0.3, -0.25) is 9.59 Å². The molecule has 0 aliphatic carbocycles. The molecular formula is C14H24N2O4. The summed E-state index contributed by atoms with van der Waals surface area (Å²) in [6.07, 6.45) is 1.15. The molecule has 0 spiro atoms. The average molecular weight is 284 g/mol. The standard InChI is InChI=1S/C14H24N2O4/c1-6-7-12(15-10(4)17)8-13(16-11(5)18)20-14(19)9(2)3/h12-13H,2,6-8H2,1,3-5H3,(H,15,17)(H,16,18). The summed E-state index contributed by atoms with van der Waals surface area (Å²) in [5, 5.41) is 5.34. The number of esters is 1. The molecule has 0 aromatic rings. The van der Waals surface area contributed by atoms with E-state index in [1.54, 1.807) is 0 Å². The van der Waals surface area contributed by atoms with Gasteiger partial charge in [-0.2, -0.15) is 0 Å². The molecule has 0 saturated carbocycles. The summed E-state index contributed by atoms with van der Waals surface area (Å²) in [7, 11) is 0. The van der Waals surface area contributed by atoms with Crippen LogP contribution in [-0.2, 0) is 19.1 Å². The van der Waals surface area contributed by atoms with Crippen molar-refractivity contribution >= 4 is 17.8 Å². The first kappa shape index (κ1) is 18.1. The van der Waals surface area contributed by atoms with Gasteiger partial charge in [-0.25, -0.2) is 4.79 Å². The molecule has 0 aliphatic heterocycles. The third-order valence-electron chi connectivity index (χ3n) is 2.51. The Morgan fingerprint density at radius 1 is 1.10 bits per heavy atom. The first-order chi connectivity index (χ1) is 9.26. The van der Waals surface area contributed by atoms with Crippen LogP contribution in [0.5, 0.6) is 0 Å². The summed E-state index contributed by atoms with van der Waals surface area (Å²) in [5.74, 6) is -1.03. The Hall–Kier alpha value is -1.85. The van der Waals surface area contributed by atoms with Crippen LogP contribution in [0.3, 0.4) is 0 Å². The zero-order valence-electron chi connectivity index (χ0n) is 12.6. The molecule has 2 amide bonds. The lowest BCUT2D eigenvalue weighted by Gasteiger charge is -2.24. The van der Waals surface area contributed by atoms with Crippen molar-refractivity contribution in [3.05, 3.63) is 12.2 Å². The predicted molar refractivity (Wildman–Crippen MR) is 75.6 cm³/mol. The number of carbonyl (C=O) groups is 3. The summed E-state index contributed by atoms with van der Waals surface area (Å²) < 4.78 is 5.16. The summed E-state index contributed by atoms with van der Waals surface area (Å²) in [4.78, 5) is 33.8. The number of nitrogens with one attached hydrogen (secondary N) is 2. The second-order valence-electron chi connectivity index (χ2n) is 4.80. The van der Waals surface area contributed by atoms with Crippen molar-refractivity contribution in [3.63, 3.8) is 0 Å². The quantitative estimate of drug-likeness (QED) is 0.399. The molecule has 0 saturated heterocycles. The lowest BCUT2D eigenvalue weighted by atomic mass is 10.1. The van der Waals surface area contributed by atoms with Gasteiger partial charge in [0.05, 0.1) is 0 Å². The number of carbonyl (C=O) groups excluding carboxylic acids is 3. The minimum atomic E-state index is -0.778. The van der Waals surface area contributed by atoms with E-state index in [0.29, 0.717) is 6.42 Å². The monoisotopic (exact) mass is 284 g/mol. The van der Waals surface area contributed by atoms with Crippen LogP contribution >= 0.6 is 0 Å². The van der Waals surface area contributed by atoms with Gasteiger partial charge in [-0.1, -0.05) is 19.9 Å². The fourth-order valence-corrected chi connectivity index (χ4v) is 1.74. The summed E-state index contributed by atoms with van der Waals surface area (Å²) >= 11 is 0. The minimum Gasteiger partial charge on any atom is -0.438 e. The highest BCUT2D eigenvalue weighted by molar-refractivity contribution is 5.87. The Morgan fingerprint density at radius 2 is 1.65 bits per heavy atom. The Bertz CT molecular complexity index is 379. The molecule has 114 valence electrons. The summed E-state index contributed by atoms with van der Waals surface area (Å²) in [5.41, 5.74) is 0.256. The zero-order chi connectivity index (χ0) is 15.7. The number of rotatable bonds is 8. The van der Waals surface area contributed by atoms with Gasteiger partial charge in [0, 0.05) is 31.9 Å². The van der Waals surface area contributed by atoms with E-state index in [0.717, 1.165) is 12.8 Å². The lowest BCUT2D eigenvalue weighted by molar-refractivity contribution is -0.148. The lowest BCUT2D eigenvalue weighted by Crippen LogP contribution is -2.44. The molecule has 0 bridgehead atoms. The summed E-state index contributed by atoms with van der Waals surface area (Å²) in [6, 6.07) is -0.160. The highest BCUT2D eigenvalue weighted by Crippen LogP contribution is 2.09. The molecule has 2 N–H and O–H groups in total. The topological polar surface area (TPSA) is 84.5 Å². The van der Waals surface area contributed by atoms with Gasteiger partial charge in [-0.05, 0) is 13.3 Å². The molecule has 0 heterocycles. The molecule has 6 nitrogen and oxygen atoms in total. The first-order valence-electron chi connectivity index (χ1n) is 6.66. The number of ether oxygens (including phenoxy) is 1. The fourth-order valence-electron chi connectivity index (χ4n) is 1.74. The molecule has 20 heavy (non-hydrogen) atoms. The van der Waals surface area contributed by atoms with E-state index in [1.807, 2.05) is 6.92 Å². The molecule has 0 rings (SSSR count). The van der Waals surface area contributed by atoms with Crippen LogP contribution in [0.2, 0.25) is 0 Å².